The van der Waals surface area contributed by atoms with Crippen LogP contribution in [0.15, 0.2) is 71.5 Å². The van der Waals surface area contributed by atoms with E-state index in [2.05, 4.69) is 20.2 Å². The van der Waals surface area contributed by atoms with Crippen molar-refractivity contribution in [1.29, 1.82) is 0 Å². The van der Waals surface area contributed by atoms with Crippen molar-refractivity contribution < 1.29 is 26.4 Å². The summed E-state index contributed by atoms with van der Waals surface area (Å²) in [6.45, 7) is 0.286. The van der Waals surface area contributed by atoms with Crippen LogP contribution in [0, 0.1) is 0 Å². The van der Waals surface area contributed by atoms with Gasteiger partial charge in [0.2, 0.25) is 5.89 Å². The van der Waals surface area contributed by atoms with Gasteiger partial charge in [0.1, 0.15) is 0 Å². The van der Waals surface area contributed by atoms with Crippen LogP contribution in [0.25, 0.3) is 22.6 Å². The third-order valence-electron chi connectivity index (χ3n) is 6.06. The number of nitrogens with zero attached hydrogens (tertiary/aromatic N) is 6. The molecule has 1 aliphatic heterocycles. The molecule has 4 heterocycles. The Labute approximate surface area is 216 Å². The van der Waals surface area contributed by atoms with Gasteiger partial charge in [0.15, 0.2) is 9.84 Å². The molecule has 0 radical (unpaired) electrons. The topological polar surface area (TPSA) is 122 Å². The van der Waals surface area contributed by atoms with E-state index in [4.69, 9.17) is 4.42 Å². The summed E-state index contributed by atoms with van der Waals surface area (Å²) in [6, 6.07) is 14.0. The van der Waals surface area contributed by atoms with E-state index in [1.807, 2.05) is 36.4 Å². The van der Waals surface area contributed by atoms with Crippen molar-refractivity contribution in [2.75, 3.05) is 29.5 Å². The standard InChI is InChI=1S/C25H22F2N6O4S/c26-22(27)24-31-30-23(37-24)19-1-4-20(29-15-19)16-33(25(34)32-11-13-38(35,36)14-12-32)21-5-2-17(3-6-21)18-7-9-28-10-8-18/h1-10,15,22H,11-14,16H2. The Morgan fingerprint density at radius 3 is 2.21 bits per heavy atom. The number of rotatable bonds is 6. The molecular formula is C25H22F2N6O4S. The fourth-order valence-electron chi connectivity index (χ4n) is 3.97. The zero-order valence-electron chi connectivity index (χ0n) is 19.9. The maximum absolute atomic E-state index is 13.5. The summed E-state index contributed by atoms with van der Waals surface area (Å²) >= 11 is 0. The highest BCUT2D eigenvalue weighted by Crippen LogP contribution is 2.26. The van der Waals surface area contributed by atoms with E-state index < -0.39 is 22.2 Å². The van der Waals surface area contributed by atoms with E-state index in [1.54, 1.807) is 24.5 Å². The number of amides is 2. The first-order chi connectivity index (χ1) is 18.3. The Morgan fingerprint density at radius 1 is 0.947 bits per heavy atom. The molecule has 0 aliphatic carbocycles. The van der Waals surface area contributed by atoms with E-state index >= 15 is 0 Å². The quantitative estimate of drug-likeness (QED) is 0.360. The SMILES string of the molecule is O=C(N1CCS(=O)(=O)CC1)N(Cc1ccc(-c2nnc(C(F)F)o2)cn1)c1ccc(-c2ccncc2)cc1. The van der Waals surface area contributed by atoms with E-state index in [-0.39, 0.29) is 43.1 Å². The Kier molecular flexibility index (Phi) is 7.09. The van der Waals surface area contributed by atoms with Crippen molar-refractivity contribution >= 4 is 21.6 Å². The lowest BCUT2D eigenvalue weighted by Gasteiger charge is -2.33. The Hall–Kier alpha value is -4.26. The van der Waals surface area contributed by atoms with Crippen molar-refractivity contribution in [3.63, 3.8) is 0 Å². The summed E-state index contributed by atoms with van der Waals surface area (Å²) < 4.78 is 54.3. The van der Waals surface area contributed by atoms with Gasteiger partial charge in [-0.25, -0.2) is 13.2 Å². The first-order valence-electron chi connectivity index (χ1n) is 11.6. The molecule has 38 heavy (non-hydrogen) atoms. The van der Waals surface area contributed by atoms with Gasteiger partial charge in [-0.3, -0.25) is 14.9 Å². The second-order valence-electron chi connectivity index (χ2n) is 8.57. The Balaban J connectivity index is 1.40. The van der Waals surface area contributed by atoms with Gasteiger partial charge < -0.3 is 9.32 Å². The first kappa shape index (κ1) is 25.4. The summed E-state index contributed by atoms with van der Waals surface area (Å²) in [5.74, 6) is -1.05. The van der Waals surface area contributed by atoms with Crippen molar-refractivity contribution in [2.24, 2.45) is 0 Å². The van der Waals surface area contributed by atoms with Gasteiger partial charge in [0.25, 0.3) is 5.89 Å². The van der Waals surface area contributed by atoms with Crippen LogP contribution in [-0.2, 0) is 16.4 Å². The fourth-order valence-corrected chi connectivity index (χ4v) is 5.17. The number of halogens is 2. The zero-order chi connectivity index (χ0) is 26.7. The van der Waals surface area contributed by atoms with Gasteiger partial charge in [0, 0.05) is 37.4 Å². The number of hydrogen-bond donors (Lipinski definition) is 0. The van der Waals surface area contributed by atoms with E-state index in [1.165, 1.54) is 16.0 Å². The number of sulfone groups is 1. The molecule has 196 valence electrons. The van der Waals surface area contributed by atoms with E-state index in [0.717, 1.165) is 11.1 Å². The minimum atomic E-state index is -3.17. The molecular weight excluding hydrogens is 518 g/mol. The highest BCUT2D eigenvalue weighted by molar-refractivity contribution is 7.91. The molecule has 0 atom stereocenters. The molecule has 0 unspecified atom stereocenters. The molecule has 4 aromatic rings. The van der Waals surface area contributed by atoms with Crippen LogP contribution in [0.5, 0.6) is 0 Å². The zero-order valence-corrected chi connectivity index (χ0v) is 20.8. The number of carbonyl (C=O) groups excluding carboxylic acids is 1. The highest BCUT2D eigenvalue weighted by Gasteiger charge is 2.29. The van der Waals surface area contributed by atoms with Gasteiger partial charge in [-0.05, 0) is 47.5 Å². The molecule has 0 spiro atoms. The number of carbonyl (C=O) groups is 1. The van der Waals surface area contributed by atoms with Gasteiger partial charge >= 0.3 is 12.5 Å². The summed E-state index contributed by atoms with van der Waals surface area (Å²) in [4.78, 5) is 25.0. The number of benzene rings is 1. The van der Waals surface area contributed by atoms with Gasteiger partial charge in [-0.1, -0.05) is 12.1 Å². The summed E-state index contributed by atoms with van der Waals surface area (Å²) in [7, 11) is -3.17. The van der Waals surface area contributed by atoms with Crippen molar-refractivity contribution in [3.05, 3.63) is 78.7 Å². The monoisotopic (exact) mass is 540 g/mol. The maximum atomic E-state index is 13.5. The lowest BCUT2D eigenvalue weighted by atomic mass is 10.1. The molecule has 10 nitrogen and oxygen atoms in total. The summed E-state index contributed by atoms with van der Waals surface area (Å²) in [5, 5.41) is 6.94. The summed E-state index contributed by atoms with van der Waals surface area (Å²) in [5.41, 5.74) is 3.38. The highest BCUT2D eigenvalue weighted by atomic mass is 32.2. The normalized spacial score (nSPS) is 15.0. The maximum Gasteiger partial charge on any atom is 0.324 e. The van der Waals surface area contributed by atoms with Crippen molar-refractivity contribution in [1.82, 2.24) is 25.1 Å². The smallest absolute Gasteiger partial charge is 0.324 e. The molecule has 1 aromatic carbocycles. The Morgan fingerprint density at radius 2 is 1.61 bits per heavy atom. The van der Waals surface area contributed by atoms with Crippen LogP contribution in [0.2, 0.25) is 0 Å². The third-order valence-corrected chi connectivity index (χ3v) is 7.67. The molecule has 3 aromatic heterocycles. The predicted molar refractivity (Wildman–Crippen MR) is 134 cm³/mol. The van der Waals surface area contributed by atoms with Crippen LogP contribution in [0.3, 0.4) is 0 Å². The third kappa shape index (κ3) is 5.67. The number of alkyl halides is 2. The minimum absolute atomic E-state index is 0.0864. The van der Waals surface area contributed by atoms with Gasteiger partial charge in [-0.15, -0.1) is 10.2 Å². The molecule has 2 amide bonds. The van der Waals surface area contributed by atoms with Crippen LogP contribution < -0.4 is 4.90 Å². The number of anilines is 1. The van der Waals surface area contributed by atoms with Crippen molar-refractivity contribution in [2.45, 2.75) is 13.0 Å². The van der Waals surface area contributed by atoms with Crippen LogP contribution in [0.4, 0.5) is 19.3 Å². The number of hydrogen-bond acceptors (Lipinski definition) is 8. The van der Waals surface area contributed by atoms with Crippen LogP contribution >= 0.6 is 0 Å². The molecule has 1 aliphatic rings. The second-order valence-corrected chi connectivity index (χ2v) is 10.9. The average Bonchev–Trinajstić information content (AvgIpc) is 3.43. The molecule has 0 bridgehead atoms. The largest absolute Gasteiger partial charge is 0.415 e. The molecule has 13 heteroatoms. The number of pyridine rings is 2. The molecule has 0 saturated carbocycles. The van der Waals surface area contributed by atoms with Crippen molar-refractivity contribution in [3.8, 4) is 22.6 Å². The lowest BCUT2D eigenvalue weighted by Crippen LogP contribution is -2.49. The average molecular weight is 541 g/mol. The van der Waals surface area contributed by atoms with Crippen LogP contribution in [-0.4, -0.2) is 64.1 Å². The predicted octanol–water partition coefficient (Wildman–Crippen LogP) is 3.99. The first-order valence-corrected chi connectivity index (χ1v) is 13.5. The van der Waals surface area contributed by atoms with Gasteiger partial charge in [0.05, 0.1) is 29.3 Å². The molecule has 1 fully saturated rings. The minimum Gasteiger partial charge on any atom is -0.415 e. The van der Waals surface area contributed by atoms with E-state index in [0.29, 0.717) is 16.9 Å². The van der Waals surface area contributed by atoms with Crippen LogP contribution in [0.1, 0.15) is 18.0 Å². The number of aromatic nitrogens is 4. The fraction of sp³-hybridized carbons (Fsp3) is 0.240. The van der Waals surface area contributed by atoms with Gasteiger partial charge in [-0.2, -0.15) is 8.78 Å². The molecule has 0 N–H and O–H groups in total. The Bertz CT molecular complexity index is 1500. The second kappa shape index (κ2) is 10.6. The number of urea groups is 1. The van der Waals surface area contributed by atoms with E-state index in [9.17, 15) is 22.0 Å². The lowest BCUT2D eigenvalue weighted by molar-refractivity contribution is 0.116. The molecule has 1 saturated heterocycles. The summed E-state index contributed by atoms with van der Waals surface area (Å²) in [6.07, 6.45) is 1.92. The molecule has 5 rings (SSSR count).